The first-order valence-electron chi connectivity index (χ1n) is 0.408. The van der Waals surface area contributed by atoms with Gasteiger partial charge in [-0.1, -0.05) is 0 Å². The lowest BCUT2D eigenvalue weighted by molar-refractivity contribution is -0.191. The van der Waals surface area contributed by atoms with Crippen molar-refractivity contribution in [1.82, 2.24) is 0 Å². The lowest BCUT2D eigenvalue weighted by Crippen LogP contribution is -1.22. The molecule has 0 spiro atoms. The Balaban J connectivity index is 0. The van der Waals surface area contributed by atoms with Gasteiger partial charge in [0.2, 0.25) is 0 Å². The Kier molecular flexibility index (Phi) is 32.2. The van der Waals surface area contributed by atoms with Crippen molar-refractivity contribution in [2.24, 2.45) is 0 Å². The van der Waals surface area contributed by atoms with E-state index < -0.39 is 0 Å². The van der Waals surface area contributed by atoms with Crippen molar-refractivity contribution in [3.05, 3.63) is 0 Å². The zero-order valence-electron chi connectivity index (χ0n) is 1.76. The van der Waals surface area contributed by atoms with Crippen LogP contribution < -0.4 is 0 Å². The summed E-state index contributed by atoms with van der Waals surface area (Å²) in [6.07, 6.45) is 0.250. The molecule has 0 fully saturated rings. The van der Waals surface area contributed by atoms with E-state index in [1.165, 1.54) is 0 Å². The first-order valence-corrected chi connectivity index (χ1v) is 0.408. The molecule has 21 valence electrons. The predicted octanol–water partition coefficient (Wildman–Crippen LogP) is 0.278. The van der Waals surface area contributed by atoms with Crippen LogP contribution in [0.1, 0.15) is 0 Å². The third kappa shape index (κ3) is 32.9. The number of carbonyl (C=O) groups excluding carboxylic acids is 2. The van der Waals surface area contributed by atoms with Gasteiger partial charge in [-0.2, -0.15) is 9.59 Å². The van der Waals surface area contributed by atoms with Crippen molar-refractivity contribution >= 4 is 16.1 Å². The van der Waals surface area contributed by atoms with Gasteiger partial charge in [0.25, 0.3) is 0 Å². The normalized spacial score (nSPS) is 2.00. The molecule has 2 nitrogen and oxygen atoms in total. The van der Waals surface area contributed by atoms with E-state index in [4.69, 9.17) is 9.59 Å². The highest BCUT2D eigenvalue weighted by Crippen LogP contribution is 0.861. The van der Waals surface area contributed by atoms with Crippen molar-refractivity contribution in [2.45, 2.75) is 0 Å². The molecule has 4 heavy (non-hydrogen) atoms. The molecule has 0 rings (SSSR count). The van der Waals surface area contributed by atoms with Crippen molar-refractivity contribution in [1.29, 1.82) is 0 Å². The zero-order chi connectivity index (χ0) is 2.71. The maximum atomic E-state index is 8.12. The molecular formula is CO2P. The molecule has 3 heteroatoms. The molecule has 0 saturated carbocycles. The maximum Gasteiger partial charge on any atom is 0.373 e. The van der Waals surface area contributed by atoms with E-state index >= 15 is 0 Å². The number of hydrogen-bond donors (Lipinski definition) is 0. The summed E-state index contributed by atoms with van der Waals surface area (Å²) in [5, 5.41) is 0. The highest BCUT2D eigenvalue weighted by molar-refractivity contribution is 6.92. The first-order chi connectivity index (χ1) is 1.41. The minimum absolute atomic E-state index is 0. The van der Waals surface area contributed by atoms with Gasteiger partial charge in [0.05, 0.1) is 0 Å². The molecule has 0 heterocycles. The molecule has 0 aromatic heterocycles. The molecule has 0 aromatic rings. The third-order valence-electron chi connectivity index (χ3n) is 0. The monoisotopic (exact) mass is 75.0 g/mol. The highest BCUT2D eigenvalue weighted by atomic mass is 31.0. The van der Waals surface area contributed by atoms with Crippen LogP contribution >= 0.6 is 9.90 Å². The first kappa shape index (κ1) is 9.18. The van der Waals surface area contributed by atoms with Gasteiger partial charge in [0, 0.05) is 9.90 Å². The maximum absolute atomic E-state index is 8.12. The summed E-state index contributed by atoms with van der Waals surface area (Å²) in [7, 11) is 0. The van der Waals surface area contributed by atoms with Crippen LogP contribution in [-0.2, 0) is 9.59 Å². The largest absolute Gasteiger partial charge is 0.373 e. The van der Waals surface area contributed by atoms with Gasteiger partial charge >= 0.3 is 6.15 Å². The van der Waals surface area contributed by atoms with E-state index in [0.717, 1.165) is 0 Å². The molecular weight excluding hydrogens is 75.0 g/mol. The second kappa shape index (κ2) is 14.0. The number of hydrogen-bond acceptors (Lipinski definition) is 2. The summed E-state index contributed by atoms with van der Waals surface area (Å²) in [5.74, 6) is 0. The summed E-state index contributed by atoms with van der Waals surface area (Å²) < 4.78 is 0. The molecule has 0 aromatic carbocycles. The van der Waals surface area contributed by atoms with Crippen molar-refractivity contribution < 1.29 is 9.59 Å². The summed E-state index contributed by atoms with van der Waals surface area (Å²) in [4.78, 5) is 16.2. The molecule has 0 aliphatic rings. The van der Waals surface area contributed by atoms with Crippen molar-refractivity contribution in [3.8, 4) is 0 Å². The molecule has 0 atom stereocenters. The van der Waals surface area contributed by atoms with Crippen molar-refractivity contribution in [2.75, 3.05) is 0 Å². The minimum atomic E-state index is 0. The summed E-state index contributed by atoms with van der Waals surface area (Å²) >= 11 is 0. The van der Waals surface area contributed by atoms with Gasteiger partial charge in [-0.05, 0) is 0 Å². The van der Waals surface area contributed by atoms with Crippen LogP contribution in [0, 0.1) is 0 Å². The van der Waals surface area contributed by atoms with E-state index in [2.05, 4.69) is 0 Å². The highest BCUT2D eigenvalue weighted by Gasteiger charge is 1.13. The van der Waals surface area contributed by atoms with E-state index in [0.29, 0.717) is 0 Å². The molecule has 0 aliphatic carbocycles. The van der Waals surface area contributed by atoms with E-state index in [1.54, 1.807) is 0 Å². The Hall–Kier alpha value is -0.190. The average Bonchev–Trinajstić information content (AvgIpc) is 0.918. The molecule has 0 saturated heterocycles. The molecule has 0 bridgehead atoms. The van der Waals surface area contributed by atoms with Gasteiger partial charge in [0.1, 0.15) is 0 Å². The lowest BCUT2D eigenvalue weighted by atomic mass is 11.8. The summed E-state index contributed by atoms with van der Waals surface area (Å²) in [5.41, 5.74) is 0. The van der Waals surface area contributed by atoms with Crippen LogP contribution in [0.3, 0.4) is 0 Å². The van der Waals surface area contributed by atoms with Crippen LogP contribution in [0.25, 0.3) is 0 Å². The third-order valence-corrected chi connectivity index (χ3v) is 0. The molecule has 3 radical (unpaired) electrons. The molecule has 0 aliphatic heterocycles. The van der Waals surface area contributed by atoms with E-state index in [1.807, 2.05) is 0 Å². The van der Waals surface area contributed by atoms with Crippen LogP contribution in [0.15, 0.2) is 0 Å². The Morgan fingerprint density at radius 1 is 1.25 bits per heavy atom. The van der Waals surface area contributed by atoms with Gasteiger partial charge < -0.3 is 0 Å². The van der Waals surface area contributed by atoms with Gasteiger partial charge in [-0.3, -0.25) is 0 Å². The second-order valence-corrected chi connectivity index (χ2v) is 0.0833. The van der Waals surface area contributed by atoms with Gasteiger partial charge in [-0.15, -0.1) is 0 Å². The lowest BCUT2D eigenvalue weighted by Gasteiger charge is -0.945. The van der Waals surface area contributed by atoms with Crippen LogP contribution in [0.4, 0.5) is 0 Å². The standard InChI is InChI=1S/CO2.P/c2-1-3;. The van der Waals surface area contributed by atoms with Gasteiger partial charge in [-0.25, -0.2) is 0 Å². The SMILES string of the molecule is O=C=O.[P]. The Bertz CT molecular complexity index is 27.0. The molecule has 0 amide bonds. The zero-order valence-corrected chi connectivity index (χ0v) is 2.66. The fraction of sp³-hybridized carbons (Fsp3) is 0. The summed E-state index contributed by atoms with van der Waals surface area (Å²) in [6, 6.07) is 0. The molecule has 0 N–H and O–H groups in total. The van der Waals surface area contributed by atoms with Crippen LogP contribution in [0.2, 0.25) is 0 Å². The van der Waals surface area contributed by atoms with Crippen LogP contribution in [0.5, 0.6) is 0 Å². The van der Waals surface area contributed by atoms with Crippen molar-refractivity contribution in [3.63, 3.8) is 0 Å². The number of rotatable bonds is 0. The second-order valence-electron chi connectivity index (χ2n) is 0.0833. The summed E-state index contributed by atoms with van der Waals surface area (Å²) in [6.45, 7) is 0. The Labute approximate surface area is 26.8 Å². The fourth-order valence-corrected chi connectivity index (χ4v) is 0. The van der Waals surface area contributed by atoms with Gasteiger partial charge in [0.15, 0.2) is 0 Å². The fourth-order valence-electron chi connectivity index (χ4n) is 0. The minimum Gasteiger partial charge on any atom is -0.186 e. The van der Waals surface area contributed by atoms with E-state index in [-0.39, 0.29) is 16.1 Å². The smallest absolute Gasteiger partial charge is 0.186 e. The Morgan fingerprint density at radius 2 is 1.25 bits per heavy atom. The quantitative estimate of drug-likeness (QED) is 0.387. The predicted molar refractivity (Wildman–Crippen MR) is 11.9 cm³/mol. The Morgan fingerprint density at radius 3 is 1.25 bits per heavy atom. The van der Waals surface area contributed by atoms with Crippen LogP contribution in [-0.4, -0.2) is 6.15 Å². The van der Waals surface area contributed by atoms with E-state index in [9.17, 15) is 0 Å². The average molecular weight is 75.0 g/mol. The topological polar surface area (TPSA) is 34.1 Å². The molecule has 0 unspecified atom stereocenters.